The van der Waals surface area contributed by atoms with Gasteiger partial charge >= 0.3 is 0 Å². The van der Waals surface area contributed by atoms with Gasteiger partial charge in [-0.15, -0.1) is 0 Å². The van der Waals surface area contributed by atoms with Crippen molar-refractivity contribution < 1.29 is 14.9 Å². The Hall–Kier alpha value is -3.19. The van der Waals surface area contributed by atoms with Gasteiger partial charge in [-0.05, 0) is 44.9 Å². The minimum Gasteiger partial charge on any atom is -0.489 e. The van der Waals surface area contributed by atoms with Crippen LogP contribution in [0.1, 0.15) is 32.3 Å². The number of nitrogens with zero attached hydrogens (tertiary/aromatic N) is 4. The van der Waals surface area contributed by atoms with Crippen LogP contribution in [0.4, 0.5) is 5.82 Å². The smallest absolute Gasteiger partial charge is 0.138 e. The van der Waals surface area contributed by atoms with E-state index in [0.717, 1.165) is 24.0 Å². The van der Waals surface area contributed by atoms with Gasteiger partial charge < -0.3 is 25.6 Å². The van der Waals surface area contributed by atoms with Gasteiger partial charge in [0.25, 0.3) is 0 Å². The number of anilines is 1. The minimum atomic E-state index is -0.979. The summed E-state index contributed by atoms with van der Waals surface area (Å²) in [7, 11) is 0. The molecule has 0 bridgehead atoms. The average Bonchev–Trinajstić information content (AvgIpc) is 3.50. The number of pyridine rings is 2. The van der Waals surface area contributed by atoms with Gasteiger partial charge in [0, 0.05) is 36.0 Å². The van der Waals surface area contributed by atoms with Crippen molar-refractivity contribution in [2.24, 2.45) is 0 Å². The van der Waals surface area contributed by atoms with Crippen molar-refractivity contribution in [3.8, 4) is 22.9 Å². The third-order valence-corrected chi connectivity index (χ3v) is 5.17. The quantitative estimate of drug-likeness (QED) is 0.380. The third-order valence-electron chi connectivity index (χ3n) is 5.17. The lowest BCUT2D eigenvalue weighted by Crippen LogP contribution is -2.39. The van der Waals surface area contributed by atoms with E-state index in [0.29, 0.717) is 35.2 Å². The fraction of sp³-hybridized carbons (Fsp3) is 0.435. The van der Waals surface area contributed by atoms with Crippen LogP contribution in [0.25, 0.3) is 16.6 Å². The summed E-state index contributed by atoms with van der Waals surface area (Å²) in [5.74, 6) is 1.23. The molecule has 0 amide bonds. The molecular formula is C23H28N6O3. The Labute approximate surface area is 186 Å². The molecule has 4 rings (SSSR count). The molecule has 4 N–H and O–H groups in total. The topological polar surface area (TPSA) is 128 Å². The van der Waals surface area contributed by atoms with E-state index in [1.165, 1.54) is 6.20 Å². The van der Waals surface area contributed by atoms with Crippen LogP contribution < -0.4 is 15.4 Å². The van der Waals surface area contributed by atoms with E-state index in [2.05, 4.69) is 26.8 Å². The number of hydrogen-bond acceptors (Lipinski definition) is 8. The van der Waals surface area contributed by atoms with E-state index < -0.39 is 5.60 Å². The van der Waals surface area contributed by atoms with Crippen molar-refractivity contribution in [1.82, 2.24) is 19.9 Å². The van der Waals surface area contributed by atoms with Gasteiger partial charge in [0.1, 0.15) is 24.2 Å². The molecule has 1 unspecified atom stereocenters. The normalized spacial score (nSPS) is 14.8. The van der Waals surface area contributed by atoms with Crippen LogP contribution in [0.15, 0.2) is 36.8 Å². The van der Waals surface area contributed by atoms with E-state index in [-0.39, 0.29) is 19.3 Å². The first-order valence-electron chi connectivity index (χ1n) is 10.7. The van der Waals surface area contributed by atoms with E-state index in [1.807, 2.05) is 18.2 Å². The molecule has 32 heavy (non-hydrogen) atoms. The number of ether oxygens (including phenoxy) is 1. The predicted octanol–water partition coefficient (Wildman–Crippen LogP) is 1.94. The number of aliphatic hydroxyl groups excluding tert-OH is 1. The molecule has 9 heteroatoms. The molecule has 1 aliphatic carbocycles. The summed E-state index contributed by atoms with van der Waals surface area (Å²) in [6.07, 6.45) is 7.26. The van der Waals surface area contributed by atoms with Crippen LogP contribution in [0.3, 0.4) is 0 Å². The van der Waals surface area contributed by atoms with Crippen LogP contribution in [-0.2, 0) is 0 Å². The Bertz CT molecular complexity index is 1110. The third kappa shape index (κ3) is 5.34. The van der Waals surface area contributed by atoms with E-state index in [1.54, 1.807) is 30.8 Å². The van der Waals surface area contributed by atoms with E-state index in [9.17, 15) is 15.5 Å². The van der Waals surface area contributed by atoms with Gasteiger partial charge in [0.05, 0.1) is 35.7 Å². The molecule has 9 nitrogen and oxygen atoms in total. The van der Waals surface area contributed by atoms with Crippen molar-refractivity contribution in [1.29, 1.82) is 5.26 Å². The highest BCUT2D eigenvalue weighted by atomic mass is 16.5. The van der Waals surface area contributed by atoms with Crippen LogP contribution in [-0.4, -0.2) is 62.3 Å². The lowest BCUT2D eigenvalue weighted by molar-refractivity contribution is 0.0283. The first kappa shape index (κ1) is 22.0. The number of nitrogens with one attached hydrogen (secondary N) is 2. The second-order valence-electron chi connectivity index (χ2n) is 8.79. The molecule has 1 aliphatic rings. The van der Waals surface area contributed by atoms with Gasteiger partial charge in [-0.1, -0.05) is 0 Å². The molecule has 0 aromatic carbocycles. The Morgan fingerprint density at radius 3 is 2.78 bits per heavy atom. The monoisotopic (exact) mass is 436 g/mol. The molecule has 0 radical (unpaired) electrons. The number of aromatic nitrogens is 3. The summed E-state index contributed by atoms with van der Waals surface area (Å²) in [4.78, 5) is 4.50. The Kier molecular flexibility index (Phi) is 6.28. The van der Waals surface area contributed by atoms with Crippen LogP contribution in [0.5, 0.6) is 5.75 Å². The van der Waals surface area contributed by atoms with E-state index >= 15 is 0 Å². The maximum absolute atomic E-state index is 9.98. The zero-order valence-electron chi connectivity index (χ0n) is 18.2. The highest BCUT2D eigenvalue weighted by Crippen LogP contribution is 2.31. The maximum atomic E-state index is 9.98. The molecule has 0 spiro atoms. The van der Waals surface area contributed by atoms with Gasteiger partial charge in [-0.25, -0.2) is 9.50 Å². The molecule has 0 aliphatic heterocycles. The fourth-order valence-electron chi connectivity index (χ4n) is 3.38. The van der Waals surface area contributed by atoms with E-state index in [4.69, 9.17) is 4.74 Å². The highest BCUT2D eigenvalue weighted by Gasteiger charge is 2.24. The molecular weight excluding hydrogens is 408 g/mol. The average molecular weight is 437 g/mol. The number of hydrogen-bond donors (Lipinski definition) is 4. The summed E-state index contributed by atoms with van der Waals surface area (Å²) in [6.45, 7) is 4.10. The van der Waals surface area contributed by atoms with Crippen molar-refractivity contribution in [2.45, 2.75) is 44.4 Å². The van der Waals surface area contributed by atoms with Gasteiger partial charge in [0.2, 0.25) is 0 Å². The predicted molar refractivity (Wildman–Crippen MR) is 120 cm³/mol. The van der Waals surface area contributed by atoms with Crippen LogP contribution in [0, 0.1) is 11.3 Å². The summed E-state index contributed by atoms with van der Waals surface area (Å²) >= 11 is 0. The Morgan fingerprint density at radius 2 is 2.16 bits per heavy atom. The molecule has 168 valence electrons. The SMILES string of the molecule is CC(C)(O)COc1cc(-c2ccc(NCC(CO)NC3CC3)nc2)c2c(C#N)cnn2c1. The number of nitriles is 1. The molecule has 1 fully saturated rings. The summed E-state index contributed by atoms with van der Waals surface area (Å²) in [5.41, 5.74) is 1.70. The van der Waals surface area contributed by atoms with Gasteiger partial charge in [-0.2, -0.15) is 10.4 Å². The largest absolute Gasteiger partial charge is 0.489 e. The number of aliphatic hydroxyl groups is 2. The maximum Gasteiger partial charge on any atom is 0.138 e. The second kappa shape index (κ2) is 9.12. The molecule has 0 saturated heterocycles. The Morgan fingerprint density at radius 1 is 1.34 bits per heavy atom. The summed E-state index contributed by atoms with van der Waals surface area (Å²) in [5, 5.41) is 40.0. The minimum absolute atomic E-state index is 0.0156. The molecule has 3 aromatic rings. The van der Waals surface area contributed by atoms with Crippen molar-refractivity contribution in [2.75, 3.05) is 25.1 Å². The molecule has 3 aromatic heterocycles. The molecule has 1 saturated carbocycles. The first-order valence-corrected chi connectivity index (χ1v) is 10.7. The number of rotatable bonds is 10. The summed E-state index contributed by atoms with van der Waals surface area (Å²) < 4.78 is 7.37. The van der Waals surface area contributed by atoms with Crippen LogP contribution >= 0.6 is 0 Å². The fourth-order valence-corrected chi connectivity index (χ4v) is 3.38. The zero-order valence-corrected chi connectivity index (χ0v) is 18.2. The highest BCUT2D eigenvalue weighted by molar-refractivity contribution is 5.85. The lowest BCUT2D eigenvalue weighted by Gasteiger charge is -2.18. The zero-order chi connectivity index (χ0) is 22.7. The standard InChI is InChI=1S/C23H28N6O3/c1-23(2,31)14-32-19-7-20(22-16(8-24)10-27-29(22)12-19)15-3-6-21(25-9-15)26-11-18(13-30)28-17-4-5-17/h3,6-7,9-10,12,17-18,28,30-31H,4-5,11,13-14H2,1-2H3,(H,25,26). The Balaban J connectivity index is 1.57. The van der Waals surface area contributed by atoms with Crippen molar-refractivity contribution in [3.63, 3.8) is 0 Å². The van der Waals surface area contributed by atoms with Crippen molar-refractivity contribution >= 4 is 11.3 Å². The summed E-state index contributed by atoms with van der Waals surface area (Å²) in [6, 6.07) is 8.29. The molecule has 1 atom stereocenters. The lowest BCUT2D eigenvalue weighted by atomic mass is 10.1. The number of fused-ring (bicyclic) bond motifs is 1. The molecule has 3 heterocycles. The van der Waals surface area contributed by atoms with Gasteiger partial charge in [-0.3, -0.25) is 0 Å². The second-order valence-corrected chi connectivity index (χ2v) is 8.79. The van der Waals surface area contributed by atoms with Crippen LogP contribution in [0.2, 0.25) is 0 Å². The van der Waals surface area contributed by atoms with Crippen molar-refractivity contribution in [3.05, 3.63) is 42.4 Å². The first-order chi connectivity index (χ1) is 15.4. The van der Waals surface area contributed by atoms with Gasteiger partial charge in [0.15, 0.2) is 0 Å².